The number of nitrogens with zero attached hydrogens (tertiary/aromatic N) is 4. The van der Waals surface area contributed by atoms with Crippen LogP contribution in [-0.2, 0) is 0 Å². The van der Waals surface area contributed by atoms with Crippen LogP contribution in [0, 0.1) is 0 Å². The second kappa shape index (κ2) is 6.50. The summed E-state index contributed by atoms with van der Waals surface area (Å²) in [4.78, 5) is 15.0. The average molecular weight is 316 g/mol. The molecule has 5 nitrogen and oxygen atoms in total. The molecule has 1 fully saturated rings. The molecule has 1 aliphatic rings. The first-order valence-electron chi connectivity index (χ1n) is 7.24. The van der Waals surface area contributed by atoms with E-state index in [0.717, 1.165) is 30.8 Å². The number of rotatable bonds is 4. The van der Waals surface area contributed by atoms with Gasteiger partial charge >= 0.3 is 6.18 Å². The fraction of sp³-hybridized carbons (Fsp3) is 0.643. The molecule has 1 amide bonds. The lowest BCUT2D eigenvalue weighted by Crippen LogP contribution is -2.43. The predicted molar refractivity (Wildman–Crippen MR) is 75.7 cm³/mol. The molecule has 1 aromatic heterocycles. The molecule has 1 aliphatic heterocycles. The molecular formula is C14H19F3N4O. The summed E-state index contributed by atoms with van der Waals surface area (Å²) in [5.74, 6) is -0.103. The number of hydrogen-bond donors (Lipinski definition) is 0. The van der Waals surface area contributed by atoms with E-state index in [1.165, 1.54) is 19.9 Å². The number of carbonyl (C=O) groups is 1. The second-order valence-electron chi connectivity index (χ2n) is 5.61. The third-order valence-corrected chi connectivity index (χ3v) is 3.53. The minimum atomic E-state index is -4.44. The molecule has 0 atom stereocenters. The molecule has 122 valence electrons. The summed E-state index contributed by atoms with van der Waals surface area (Å²) in [7, 11) is 0. The van der Waals surface area contributed by atoms with Crippen LogP contribution in [0.15, 0.2) is 12.1 Å². The average Bonchev–Trinajstić information content (AvgIpc) is 2.97. The third-order valence-electron chi connectivity index (χ3n) is 3.53. The standard InChI is InChI=1S/C14H19F3N4O/c1-10(2)21(9-14(15,16)17)13(22)11-5-6-12(19-18-11)20-7-3-4-8-20/h5-6,10H,3-4,7-9H2,1-2H3. The summed E-state index contributed by atoms with van der Waals surface area (Å²) >= 11 is 0. The van der Waals surface area contributed by atoms with Crippen LogP contribution >= 0.6 is 0 Å². The predicted octanol–water partition coefficient (Wildman–Crippen LogP) is 2.49. The minimum absolute atomic E-state index is 0.0686. The first kappa shape index (κ1) is 16.5. The molecule has 1 aromatic rings. The molecule has 22 heavy (non-hydrogen) atoms. The molecule has 0 aromatic carbocycles. The van der Waals surface area contributed by atoms with Gasteiger partial charge in [0, 0.05) is 19.1 Å². The Labute approximate surface area is 127 Å². The summed E-state index contributed by atoms with van der Waals surface area (Å²) in [5, 5.41) is 7.77. The topological polar surface area (TPSA) is 49.3 Å². The van der Waals surface area contributed by atoms with Gasteiger partial charge in [0.2, 0.25) is 0 Å². The first-order valence-corrected chi connectivity index (χ1v) is 7.24. The van der Waals surface area contributed by atoms with Gasteiger partial charge in [-0.3, -0.25) is 4.79 Å². The minimum Gasteiger partial charge on any atom is -0.355 e. The smallest absolute Gasteiger partial charge is 0.355 e. The van der Waals surface area contributed by atoms with Gasteiger partial charge in [-0.25, -0.2) is 0 Å². The van der Waals surface area contributed by atoms with E-state index in [1.807, 2.05) is 4.90 Å². The Morgan fingerprint density at radius 3 is 2.36 bits per heavy atom. The Morgan fingerprint density at radius 1 is 1.27 bits per heavy atom. The lowest BCUT2D eigenvalue weighted by Gasteiger charge is -2.27. The Hall–Kier alpha value is -1.86. The Kier molecular flexibility index (Phi) is 4.87. The van der Waals surface area contributed by atoms with Crippen molar-refractivity contribution in [3.63, 3.8) is 0 Å². The Morgan fingerprint density at radius 2 is 1.91 bits per heavy atom. The Bertz CT molecular complexity index is 510. The number of halogens is 3. The van der Waals surface area contributed by atoms with Gasteiger partial charge in [-0.2, -0.15) is 13.2 Å². The Balaban J connectivity index is 2.12. The molecule has 2 rings (SSSR count). The SMILES string of the molecule is CC(C)N(CC(F)(F)F)C(=O)c1ccc(N2CCCC2)nn1. The molecule has 1 saturated heterocycles. The molecule has 0 saturated carbocycles. The monoisotopic (exact) mass is 316 g/mol. The molecule has 0 aliphatic carbocycles. The van der Waals surface area contributed by atoms with Crippen molar-refractivity contribution in [1.29, 1.82) is 0 Å². The molecular weight excluding hydrogens is 297 g/mol. The van der Waals surface area contributed by atoms with Gasteiger partial charge in [-0.05, 0) is 38.8 Å². The highest BCUT2D eigenvalue weighted by atomic mass is 19.4. The molecule has 2 heterocycles. The molecule has 0 bridgehead atoms. The lowest BCUT2D eigenvalue weighted by atomic mass is 10.2. The van der Waals surface area contributed by atoms with Crippen molar-refractivity contribution >= 4 is 11.7 Å². The van der Waals surface area contributed by atoms with Crippen molar-refractivity contribution in [1.82, 2.24) is 15.1 Å². The number of anilines is 1. The van der Waals surface area contributed by atoms with Gasteiger partial charge in [0.1, 0.15) is 6.54 Å². The number of hydrogen-bond acceptors (Lipinski definition) is 4. The summed E-state index contributed by atoms with van der Waals surface area (Å²) in [6.45, 7) is 3.55. The van der Waals surface area contributed by atoms with E-state index in [4.69, 9.17) is 0 Å². The molecule has 0 spiro atoms. The maximum atomic E-state index is 12.6. The highest BCUT2D eigenvalue weighted by Crippen LogP contribution is 2.20. The van der Waals surface area contributed by atoms with Crippen molar-refractivity contribution in [2.45, 2.75) is 38.9 Å². The van der Waals surface area contributed by atoms with Gasteiger partial charge in [-0.1, -0.05) is 0 Å². The maximum absolute atomic E-state index is 12.6. The van der Waals surface area contributed by atoms with Crippen LogP contribution in [0.2, 0.25) is 0 Å². The molecule has 0 N–H and O–H groups in total. The van der Waals surface area contributed by atoms with Gasteiger partial charge in [0.25, 0.3) is 5.91 Å². The van der Waals surface area contributed by atoms with E-state index in [9.17, 15) is 18.0 Å². The van der Waals surface area contributed by atoms with Crippen LogP contribution in [0.4, 0.5) is 19.0 Å². The van der Waals surface area contributed by atoms with Gasteiger partial charge in [0.15, 0.2) is 11.5 Å². The van der Waals surface area contributed by atoms with Crippen LogP contribution in [0.3, 0.4) is 0 Å². The number of aromatic nitrogens is 2. The largest absolute Gasteiger partial charge is 0.406 e. The molecule has 0 unspecified atom stereocenters. The highest BCUT2D eigenvalue weighted by molar-refractivity contribution is 5.92. The van der Waals surface area contributed by atoms with E-state index < -0.39 is 24.7 Å². The first-order chi connectivity index (χ1) is 10.3. The van der Waals surface area contributed by atoms with E-state index in [2.05, 4.69) is 10.2 Å². The normalized spacial score (nSPS) is 15.5. The molecule has 0 radical (unpaired) electrons. The van der Waals surface area contributed by atoms with Gasteiger partial charge < -0.3 is 9.80 Å². The summed E-state index contributed by atoms with van der Waals surface area (Å²) in [6.07, 6.45) is -2.28. The number of carbonyl (C=O) groups excluding carboxylic acids is 1. The second-order valence-corrected chi connectivity index (χ2v) is 5.61. The van der Waals surface area contributed by atoms with Gasteiger partial charge in [-0.15, -0.1) is 10.2 Å². The fourth-order valence-electron chi connectivity index (χ4n) is 2.38. The highest BCUT2D eigenvalue weighted by Gasteiger charge is 2.35. The van der Waals surface area contributed by atoms with E-state index in [0.29, 0.717) is 5.82 Å². The zero-order valence-corrected chi connectivity index (χ0v) is 12.6. The maximum Gasteiger partial charge on any atom is 0.406 e. The van der Waals surface area contributed by atoms with Crippen LogP contribution in [0.25, 0.3) is 0 Å². The van der Waals surface area contributed by atoms with Crippen LogP contribution in [0.5, 0.6) is 0 Å². The van der Waals surface area contributed by atoms with E-state index >= 15 is 0 Å². The van der Waals surface area contributed by atoms with Gasteiger partial charge in [0.05, 0.1) is 0 Å². The fourth-order valence-corrected chi connectivity index (χ4v) is 2.38. The van der Waals surface area contributed by atoms with Crippen molar-refractivity contribution in [2.24, 2.45) is 0 Å². The zero-order chi connectivity index (χ0) is 16.3. The quantitative estimate of drug-likeness (QED) is 0.856. The summed E-state index contributed by atoms with van der Waals surface area (Å²) < 4.78 is 37.7. The number of alkyl halides is 3. The van der Waals surface area contributed by atoms with Crippen molar-refractivity contribution < 1.29 is 18.0 Å². The lowest BCUT2D eigenvalue weighted by molar-refractivity contribution is -0.143. The molecule has 8 heteroatoms. The van der Waals surface area contributed by atoms with E-state index in [1.54, 1.807) is 6.07 Å². The van der Waals surface area contributed by atoms with Crippen LogP contribution < -0.4 is 4.90 Å². The summed E-state index contributed by atoms with van der Waals surface area (Å²) in [6, 6.07) is 2.50. The van der Waals surface area contributed by atoms with Crippen molar-refractivity contribution in [3.8, 4) is 0 Å². The third kappa shape index (κ3) is 4.08. The zero-order valence-electron chi connectivity index (χ0n) is 12.6. The van der Waals surface area contributed by atoms with Crippen molar-refractivity contribution in [3.05, 3.63) is 17.8 Å². The van der Waals surface area contributed by atoms with E-state index in [-0.39, 0.29) is 5.69 Å². The van der Waals surface area contributed by atoms with Crippen LogP contribution in [0.1, 0.15) is 37.2 Å². The summed E-state index contributed by atoms with van der Waals surface area (Å²) in [5.41, 5.74) is -0.0686. The van der Waals surface area contributed by atoms with Crippen LogP contribution in [-0.4, -0.2) is 52.9 Å². The number of amides is 1. The van der Waals surface area contributed by atoms with Crippen molar-refractivity contribution in [2.75, 3.05) is 24.5 Å².